The fourth-order valence-corrected chi connectivity index (χ4v) is 3.85. The number of hydrazine groups is 1. The Hall–Kier alpha value is -3.26. The van der Waals surface area contributed by atoms with E-state index in [4.69, 9.17) is 21.1 Å². The molecule has 2 N–H and O–H groups in total. The van der Waals surface area contributed by atoms with E-state index in [0.29, 0.717) is 16.3 Å². The van der Waals surface area contributed by atoms with Crippen molar-refractivity contribution in [2.75, 3.05) is 5.32 Å². The maximum atomic E-state index is 13.7. The van der Waals surface area contributed by atoms with Gasteiger partial charge in [-0.1, -0.05) is 41.9 Å². The van der Waals surface area contributed by atoms with E-state index in [2.05, 4.69) is 10.7 Å². The van der Waals surface area contributed by atoms with Crippen LogP contribution in [0.5, 0.6) is 0 Å². The van der Waals surface area contributed by atoms with E-state index >= 15 is 0 Å². The van der Waals surface area contributed by atoms with E-state index in [1.807, 2.05) is 30.3 Å². The van der Waals surface area contributed by atoms with Gasteiger partial charge in [0.25, 0.3) is 5.91 Å². The highest BCUT2D eigenvalue weighted by molar-refractivity contribution is 6.31. The van der Waals surface area contributed by atoms with Gasteiger partial charge in [0.15, 0.2) is 5.54 Å². The number of carbonyl (C=O) groups is 3. The molecule has 0 saturated carbocycles. The molecule has 1 unspecified atom stereocenters. The predicted molar refractivity (Wildman–Crippen MR) is 129 cm³/mol. The Morgan fingerprint density at radius 1 is 1.00 bits per heavy atom. The molecule has 0 spiro atoms. The lowest BCUT2D eigenvalue weighted by Gasteiger charge is -2.40. The Labute approximate surface area is 204 Å². The van der Waals surface area contributed by atoms with Crippen molar-refractivity contribution in [3.8, 4) is 0 Å². The third-order valence-corrected chi connectivity index (χ3v) is 5.15. The molecule has 2 aromatic carbocycles. The topological polar surface area (TPSA) is 97.0 Å². The first kappa shape index (κ1) is 25.4. The maximum absolute atomic E-state index is 13.7. The molecule has 0 fully saturated rings. The summed E-state index contributed by atoms with van der Waals surface area (Å²) in [4.78, 5) is 40.0. The van der Waals surface area contributed by atoms with Crippen LogP contribution in [0.15, 0.2) is 48.5 Å². The second-order valence-corrected chi connectivity index (χ2v) is 10.5. The van der Waals surface area contributed by atoms with Gasteiger partial charge in [-0.3, -0.25) is 4.79 Å². The molecule has 8 nitrogen and oxygen atoms in total. The SMILES string of the molecule is CC(C)(C)OC(=O)NN(C(=O)OC(C)(C)C)C1(Cc2ccccc2)C(=O)Nc2ccc(Cl)cc21. The van der Waals surface area contributed by atoms with Crippen molar-refractivity contribution in [3.63, 3.8) is 0 Å². The molecule has 1 aliphatic rings. The van der Waals surface area contributed by atoms with Crippen LogP contribution in [-0.2, 0) is 26.2 Å². The lowest BCUT2D eigenvalue weighted by Crippen LogP contribution is -2.63. The molecule has 0 aromatic heterocycles. The summed E-state index contributed by atoms with van der Waals surface area (Å²) in [5.41, 5.74) is 0.712. The number of fused-ring (bicyclic) bond motifs is 1. The number of benzene rings is 2. The van der Waals surface area contributed by atoms with E-state index in [1.165, 1.54) is 0 Å². The number of ether oxygens (including phenoxy) is 2. The monoisotopic (exact) mass is 487 g/mol. The number of halogens is 1. The van der Waals surface area contributed by atoms with Crippen LogP contribution in [0, 0.1) is 0 Å². The standard InChI is InChI=1S/C25H30ClN3O5/c1-23(2,3)33-21(31)28-29(22(32)34-24(4,5)6)25(15-16-10-8-7-9-11-16)18-14-17(26)12-13-19(18)27-20(25)30/h7-14H,15H2,1-6H3,(H,27,30)(H,28,31). The number of nitrogens with zero attached hydrogens (tertiary/aromatic N) is 1. The molecule has 1 heterocycles. The summed E-state index contributed by atoms with van der Waals surface area (Å²) < 4.78 is 11.0. The van der Waals surface area contributed by atoms with Crippen LogP contribution in [0.2, 0.25) is 5.02 Å². The molecule has 3 amide bonds. The lowest BCUT2D eigenvalue weighted by atomic mass is 9.84. The summed E-state index contributed by atoms with van der Waals surface area (Å²) in [5, 5.41) is 4.10. The number of hydrogen-bond acceptors (Lipinski definition) is 5. The smallest absolute Gasteiger partial charge is 0.430 e. The predicted octanol–water partition coefficient (Wildman–Crippen LogP) is 5.41. The number of hydrogen-bond donors (Lipinski definition) is 2. The quantitative estimate of drug-likeness (QED) is 0.564. The first-order chi connectivity index (χ1) is 15.7. The van der Waals surface area contributed by atoms with Gasteiger partial charge in [0.1, 0.15) is 11.2 Å². The fourth-order valence-electron chi connectivity index (χ4n) is 3.68. The minimum absolute atomic E-state index is 0.0437. The largest absolute Gasteiger partial charge is 0.443 e. The number of carbonyl (C=O) groups excluding carboxylic acids is 3. The van der Waals surface area contributed by atoms with E-state index in [0.717, 1.165) is 10.6 Å². The van der Waals surface area contributed by atoms with Gasteiger partial charge in [-0.15, -0.1) is 0 Å². The maximum Gasteiger partial charge on any atom is 0.430 e. The number of amides is 3. The van der Waals surface area contributed by atoms with Gasteiger partial charge in [0, 0.05) is 22.7 Å². The van der Waals surface area contributed by atoms with Crippen molar-refractivity contribution < 1.29 is 23.9 Å². The Balaban J connectivity index is 2.20. The molecule has 2 aromatic rings. The molecular formula is C25H30ClN3O5. The number of rotatable bonds is 3. The van der Waals surface area contributed by atoms with Crippen molar-refractivity contribution >= 4 is 35.4 Å². The average Bonchev–Trinajstić information content (AvgIpc) is 2.96. The normalized spacial score (nSPS) is 17.4. The molecule has 1 atom stereocenters. The van der Waals surface area contributed by atoms with Crippen molar-refractivity contribution in [1.29, 1.82) is 0 Å². The lowest BCUT2D eigenvalue weighted by molar-refractivity contribution is -0.130. The summed E-state index contributed by atoms with van der Waals surface area (Å²) in [5.74, 6) is -0.518. The third-order valence-electron chi connectivity index (χ3n) is 4.91. The van der Waals surface area contributed by atoms with E-state index in [9.17, 15) is 14.4 Å². The van der Waals surface area contributed by atoms with Gasteiger partial charge in [0.2, 0.25) is 0 Å². The summed E-state index contributed by atoms with van der Waals surface area (Å²) in [6, 6.07) is 14.1. The van der Waals surface area contributed by atoms with Gasteiger partial charge in [0.05, 0.1) is 0 Å². The summed E-state index contributed by atoms with van der Waals surface area (Å²) >= 11 is 6.30. The highest BCUT2D eigenvalue weighted by Crippen LogP contribution is 2.44. The van der Waals surface area contributed by atoms with E-state index < -0.39 is 34.8 Å². The molecule has 1 aliphatic heterocycles. The van der Waals surface area contributed by atoms with Gasteiger partial charge < -0.3 is 14.8 Å². The Morgan fingerprint density at radius 3 is 2.21 bits per heavy atom. The number of nitrogens with one attached hydrogen (secondary N) is 2. The molecule has 0 bridgehead atoms. The van der Waals surface area contributed by atoms with Crippen LogP contribution < -0.4 is 10.7 Å². The highest BCUT2D eigenvalue weighted by Gasteiger charge is 2.55. The van der Waals surface area contributed by atoms with E-state index in [-0.39, 0.29) is 6.42 Å². The summed E-state index contributed by atoms with van der Waals surface area (Å²) in [6.07, 6.45) is -1.78. The van der Waals surface area contributed by atoms with Gasteiger partial charge >= 0.3 is 12.2 Å². The van der Waals surface area contributed by atoms with Crippen LogP contribution in [-0.4, -0.2) is 34.3 Å². The zero-order valence-electron chi connectivity index (χ0n) is 20.2. The minimum atomic E-state index is -1.69. The van der Waals surface area contributed by atoms with Gasteiger partial charge in [-0.25, -0.2) is 15.0 Å². The minimum Gasteiger partial charge on any atom is -0.443 e. The Kier molecular flexibility index (Phi) is 6.85. The molecule has 9 heteroatoms. The second kappa shape index (κ2) is 9.18. The van der Waals surface area contributed by atoms with Crippen molar-refractivity contribution in [2.24, 2.45) is 0 Å². The van der Waals surface area contributed by atoms with Crippen LogP contribution >= 0.6 is 11.6 Å². The second-order valence-electron chi connectivity index (χ2n) is 10.1. The first-order valence-electron chi connectivity index (χ1n) is 10.9. The van der Waals surface area contributed by atoms with Gasteiger partial charge in [-0.2, -0.15) is 5.01 Å². The Morgan fingerprint density at radius 2 is 1.62 bits per heavy atom. The first-order valence-corrected chi connectivity index (χ1v) is 11.3. The molecule has 3 rings (SSSR count). The highest BCUT2D eigenvalue weighted by atomic mass is 35.5. The van der Waals surface area contributed by atoms with Crippen molar-refractivity contribution in [3.05, 3.63) is 64.7 Å². The van der Waals surface area contributed by atoms with Gasteiger partial charge in [-0.05, 0) is 65.3 Å². The molecular weight excluding hydrogens is 458 g/mol. The van der Waals surface area contributed by atoms with Crippen LogP contribution in [0.3, 0.4) is 0 Å². The zero-order chi connectivity index (χ0) is 25.3. The van der Waals surface area contributed by atoms with Crippen molar-refractivity contribution in [1.82, 2.24) is 10.4 Å². The van der Waals surface area contributed by atoms with Crippen LogP contribution in [0.25, 0.3) is 0 Å². The van der Waals surface area contributed by atoms with Crippen LogP contribution in [0.1, 0.15) is 52.7 Å². The number of anilines is 1. The molecule has 0 aliphatic carbocycles. The zero-order valence-corrected chi connectivity index (χ0v) is 20.9. The van der Waals surface area contributed by atoms with Crippen molar-refractivity contribution in [2.45, 2.75) is 64.7 Å². The van der Waals surface area contributed by atoms with Crippen LogP contribution in [0.4, 0.5) is 15.3 Å². The molecule has 0 radical (unpaired) electrons. The Bertz CT molecular complexity index is 1090. The molecule has 0 saturated heterocycles. The fraction of sp³-hybridized carbons (Fsp3) is 0.400. The average molecular weight is 488 g/mol. The molecule has 182 valence electrons. The summed E-state index contributed by atoms with van der Waals surface area (Å²) in [6.45, 7) is 10.2. The summed E-state index contributed by atoms with van der Waals surface area (Å²) in [7, 11) is 0. The third kappa shape index (κ3) is 5.62. The van der Waals surface area contributed by atoms with E-state index in [1.54, 1.807) is 59.7 Å². The molecule has 34 heavy (non-hydrogen) atoms.